The number of carbonyl (C=O) groups is 2. The van der Waals surface area contributed by atoms with Gasteiger partial charge in [0.25, 0.3) is 0 Å². The first-order chi connectivity index (χ1) is 12.6. The van der Waals surface area contributed by atoms with Gasteiger partial charge in [0.1, 0.15) is 0 Å². The van der Waals surface area contributed by atoms with Crippen LogP contribution in [-0.4, -0.2) is 32.5 Å². The predicted molar refractivity (Wildman–Crippen MR) is 104 cm³/mol. The number of aryl methyl sites for hydroxylation is 4. The molecule has 0 aliphatic rings. The Morgan fingerprint density at radius 2 is 1.44 bits per heavy atom. The number of esters is 1. The standard InChI is InChI=1S/C21H24O5S/c1-14-5-7-18(8-6-14)27(24,25)10-9-20(23)26-13-19(22)21-16(3)11-15(2)12-17(21)4/h5-8,11-12H,9-10,13H2,1-4H3. The van der Waals surface area contributed by atoms with Crippen LogP contribution in [-0.2, 0) is 19.4 Å². The number of Topliss-reactive ketones (excluding diaryl/α,β-unsaturated/α-hetero) is 1. The van der Waals surface area contributed by atoms with Crippen LogP contribution in [0.3, 0.4) is 0 Å². The number of carbonyl (C=O) groups excluding carboxylic acids is 2. The summed E-state index contributed by atoms with van der Waals surface area (Å²) in [5.74, 6) is -1.35. The molecular weight excluding hydrogens is 364 g/mol. The number of sulfone groups is 1. The maximum Gasteiger partial charge on any atom is 0.307 e. The highest BCUT2D eigenvalue weighted by Gasteiger charge is 2.19. The fourth-order valence-corrected chi connectivity index (χ4v) is 4.21. The molecule has 0 fully saturated rings. The summed E-state index contributed by atoms with van der Waals surface area (Å²) in [4.78, 5) is 24.4. The zero-order chi connectivity index (χ0) is 20.2. The first-order valence-electron chi connectivity index (χ1n) is 8.66. The van der Waals surface area contributed by atoms with Crippen LogP contribution in [0, 0.1) is 27.7 Å². The van der Waals surface area contributed by atoms with E-state index in [4.69, 9.17) is 4.74 Å². The molecule has 0 aromatic heterocycles. The van der Waals surface area contributed by atoms with E-state index in [1.54, 1.807) is 12.1 Å². The van der Waals surface area contributed by atoms with Gasteiger partial charge in [0.2, 0.25) is 5.78 Å². The lowest BCUT2D eigenvalue weighted by Crippen LogP contribution is -2.18. The Balaban J connectivity index is 1.93. The Morgan fingerprint density at radius 3 is 2.00 bits per heavy atom. The molecule has 0 spiro atoms. The second kappa shape index (κ2) is 8.48. The smallest absolute Gasteiger partial charge is 0.307 e. The average molecular weight is 388 g/mol. The van der Waals surface area contributed by atoms with Crippen molar-refractivity contribution >= 4 is 21.6 Å². The second-order valence-corrected chi connectivity index (χ2v) is 8.85. The van der Waals surface area contributed by atoms with Gasteiger partial charge in [-0.1, -0.05) is 35.4 Å². The largest absolute Gasteiger partial charge is 0.457 e. The molecule has 0 radical (unpaired) electrons. The van der Waals surface area contributed by atoms with Gasteiger partial charge in [0.05, 0.1) is 17.1 Å². The van der Waals surface area contributed by atoms with E-state index in [2.05, 4.69) is 0 Å². The van der Waals surface area contributed by atoms with Crippen LogP contribution in [0.2, 0.25) is 0 Å². The van der Waals surface area contributed by atoms with Crippen LogP contribution in [0.4, 0.5) is 0 Å². The predicted octanol–water partition coefficient (Wildman–Crippen LogP) is 3.51. The van der Waals surface area contributed by atoms with Gasteiger partial charge in [-0.3, -0.25) is 9.59 Å². The highest BCUT2D eigenvalue weighted by molar-refractivity contribution is 7.91. The van der Waals surface area contributed by atoms with Crippen molar-refractivity contribution in [2.75, 3.05) is 12.4 Å². The lowest BCUT2D eigenvalue weighted by Gasteiger charge is -2.11. The van der Waals surface area contributed by atoms with Crippen molar-refractivity contribution in [2.24, 2.45) is 0 Å². The molecule has 5 nitrogen and oxygen atoms in total. The van der Waals surface area contributed by atoms with Crippen molar-refractivity contribution in [3.8, 4) is 0 Å². The number of ketones is 1. The number of hydrogen-bond donors (Lipinski definition) is 0. The quantitative estimate of drug-likeness (QED) is 0.536. The molecule has 0 heterocycles. The SMILES string of the molecule is Cc1ccc(S(=O)(=O)CCC(=O)OCC(=O)c2c(C)cc(C)cc2C)cc1. The minimum absolute atomic E-state index is 0.169. The van der Waals surface area contributed by atoms with Crippen molar-refractivity contribution in [2.45, 2.75) is 39.0 Å². The first-order valence-corrected chi connectivity index (χ1v) is 10.3. The van der Waals surface area contributed by atoms with Gasteiger partial charge in [-0.25, -0.2) is 8.42 Å². The minimum Gasteiger partial charge on any atom is -0.457 e. The van der Waals surface area contributed by atoms with Crippen LogP contribution >= 0.6 is 0 Å². The Kier molecular flexibility index (Phi) is 6.54. The fourth-order valence-electron chi connectivity index (χ4n) is 2.99. The van der Waals surface area contributed by atoms with Gasteiger partial charge in [-0.2, -0.15) is 0 Å². The monoisotopic (exact) mass is 388 g/mol. The van der Waals surface area contributed by atoms with E-state index in [0.29, 0.717) is 5.56 Å². The van der Waals surface area contributed by atoms with Crippen molar-refractivity contribution in [3.63, 3.8) is 0 Å². The molecular formula is C21H24O5S. The summed E-state index contributed by atoms with van der Waals surface area (Å²) in [6, 6.07) is 10.2. The fraction of sp³-hybridized carbons (Fsp3) is 0.333. The third kappa shape index (κ3) is 5.50. The van der Waals surface area contributed by atoms with Crippen LogP contribution in [0.1, 0.15) is 39.0 Å². The van der Waals surface area contributed by atoms with Crippen molar-refractivity contribution in [3.05, 3.63) is 64.2 Å². The molecule has 0 saturated heterocycles. The van der Waals surface area contributed by atoms with Crippen molar-refractivity contribution < 1.29 is 22.7 Å². The van der Waals surface area contributed by atoms with E-state index in [0.717, 1.165) is 22.3 Å². The van der Waals surface area contributed by atoms with Crippen molar-refractivity contribution in [1.29, 1.82) is 0 Å². The zero-order valence-corrected chi connectivity index (χ0v) is 16.9. The van der Waals surface area contributed by atoms with E-state index in [1.807, 2.05) is 39.8 Å². The van der Waals surface area contributed by atoms with Gasteiger partial charge < -0.3 is 4.74 Å². The normalized spacial score (nSPS) is 11.3. The maximum absolute atomic E-state index is 12.4. The van der Waals surface area contributed by atoms with Crippen LogP contribution < -0.4 is 0 Å². The summed E-state index contributed by atoms with van der Waals surface area (Å²) >= 11 is 0. The van der Waals surface area contributed by atoms with Crippen LogP contribution in [0.25, 0.3) is 0 Å². The Hall–Kier alpha value is -2.47. The number of ether oxygens (including phenoxy) is 1. The third-order valence-corrected chi connectivity index (χ3v) is 6.01. The molecule has 144 valence electrons. The van der Waals surface area contributed by atoms with Crippen LogP contribution in [0.5, 0.6) is 0 Å². The summed E-state index contributed by atoms with van der Waals surface area (Å²) in [7, 11) is -3.57. The Bertz CT molecular complexity index is 934. The summed E-state index contributed by atoms with van der Waals surface area (Å²) < 4.78 is 29.5. The molecule has 0 atom stereocenters. The molecule has 0 unspecified atom stereocenters. The lowest BCUT2D eigenvalue weighted by molar-refractivity contribution is -0.142. The molecule has 2 rings (SSSR count). The van der Waals surface area contributed by atoms with Gasteiger partial charge in [0, 0.05) is 5.56 Å². The molecule has 0 bridgehead atoms. The van der Waals surface area contributed by atoms with Gasteiger partial charge in [0.15, 0.2) is 16.4 Å². The van der Waals surface area contributed by atoms with Gasteiger partial charge in [-0.05, 0) is 51.0 Å². The molecule has 0 aliphatic carbocycles. The summed E-state index contributed by atoms with van der Waals surface area (Å²) in [6.45, 7) is 7.09. The highest BCUT2D eigenvalue weighted by atomic mass is 32.2. The van der Waals surface area contributed by atoms with E-state index in [1.165, 1.54) is 12.1 Å². The third-order valence-electron chi connectivity index (χ3n) is 4.28. The second-order valence-electron chi connectivity index (χ2n) is 6.74. The number of benzene rings is 2. The van der Waals surface area contributed by atoms with Gasteiger partial charge >= 0.3 is 5.97 Å². The summed E-state index contributed by atoms with van der Waals surface area (Å²) in [5, 5.41) is 0. The lowest BCUT2D eigenvalue weighted by atomic mass is 9.97. The van der Waals surface area contributed by atoms with E-state index < -0.39 is 22.4 Å². The molecule has 0 saturated carbocycles. The molecule has 0 amide bonds. The Labute approximate surface area is 160 Å². The molecule has 0 aliphatic heterocycles. The zero-order valence-electron chi connectivity index (χ0n) is 16.0. The summed E-state index contributed by atoms with van der Waals surface area (Å²) in [6.07, 6.45) is -0.296. The minimum atomic E-state index is -3.57. The highest BCUT2D eigenvalue weighted by Crippen LogP contribution is 2.17. The van der Waals surface area contributed by atoms with Gasteiger partial charge in [-0.15, -0.1) is 0 Å². The molecule has 2 aromatic carbocycles. The average Bonchev–Trinajstić information content (AvgIpc) is 2.57. The van der Waals surface area contributed by atoms with E-state index >= 15 is 0 Å². The molecule has 27 heavy (non-hydrogen) atoms. The van der Waals surface area contributed by atoms with E-state index in [9.17, 15) is 18.0 Å². The van der Waals surface area contributed by atoms with Crippen molar-refractivity contribution in [1.82, 2.24) is 0 Å². The summed E-state index contributed by atoms with van der Waals surface area (Å²) in [5.41, 5.74) is 4.21. The maximum atomic E-state index is 12.4. The topological polar surface area (TPSA) is 77.5 Å². The number of hydrogen-bond acceptors (Lipinski definition) is 5. The number of rotatable bonds is 7. The first kappa shape index (κ1) is 20.8. The molecule has 0 N–H and O–H groups in total. The van der Waals surface area contributed by atoms with Crippen LogP contribution in [0.15, 0.2) is 41.3 Å². The Morgan fingerprint density at radius 1 is 0.889 bits per heavy atom. The molecule has 6 heteroatoms. The van der Waals surface area contributed by atoms with E-state index in [-0.39, 0.29) is 22.9 Å². The molecule has 2 aromatic rings.